The van der Waals surface area contributed by atoms with E-state index in [2.05, 4.69) is 19.9 Å². The van der Waals surface area contributed by atoms with Crippen molar-refractivity contribution >= 4 is 17.5 Å². The van der Waals surface area contributed by atoms with E-state index in [9.17, 15) is 14.4 Å². The van der Waals surface area contributed by atoms with Crippen molar-refractivity contribution in [2.24, 2.45) is 28.6 Å². The lowest BCUT2D eigenvalue weighted by Gasteiger charge is -2.54. The van der Waals surface area contributed by atoms with Gasteiger partial charge in [-0.15, -0.1) is 0 Å². The molecular weight excluding hydrogens is 316 g/mol. The highest BCUT2D eigenvalue weighted by Gasteiger charge is 2.58. The Balaban J connectivity index is 1.79. The van der Waals surface area contributed by atoms with Crippen LogP contribution in [-0.2, 0) is 19.1 Å². The van der Waals surface area contributed by atoms with E-state index < -0.39 is 5.97 Å². The Bertz CT molecular complexity index is 730. The number of rotatable bonds is 1. The molecule has 0 saturated heterocycles. The maximum atomic E-state index is 12.4. The molecule has 0 aromatic rings. The number of fused-ring (bicyclic) bond motifs is 5. The maximum absolute atomic E-state index is 12.4. The second kappa shape index (κ2) is 5.39. The second-order valence-electron chi connectivity index (χ2n) is 8.74. The molecule has 4 aliphatic carbocycles. The molecule has 0 spiro atoms. The van der Waals surface area contributed by atoms with Crippen LogP contribution in [0.1, 0.15) is 59.3 Å². The number of Topliss-reactive ketones (excluding diaryl/α,β-unsaturated/α-hetero) is 2. The Morgan fingerprint density at radius 2 is 1.80 bits per heavy atom. The first-order valence-electron chi connectivity index (χ1n) is 9.45. The molecule has 4 rings (SSSR count). The van der Waals surface area contributed by atoms with E-state index in [0.717, 1.165) is 31.3 Å². The molecule has 0 unspecified atom stereocenters. The quantitative estimate of drug-likeness (QED) is 0.681. The van der Waals surface area contributed by atoms with Gasteiger partial charge in [-0.1, -0.05) is 26.0 Å². The first-order chi connectivity index (χ1) is 11.8. The first kappa shape index (κ1) is 16.7. The number of ether oxygens (including phenoxy) is 1. The third-order valence-corrected chi connectivity index (χ3v) is 7.58. The van der Waals surface area contributed by atoms with Crippen molar-refractivity contribution in [1.29, 1.82) is 0 Å². The highest BCUT2D eigenvalue weighted by Crippen LogP contribution is 2.63. The molecule has 4 nitrogen and oxygen atoms in total. The zero-order chi connectivity index (χ0) is 18.0. The summed E-state index contributed by atoms with van der Waals surface area (Å²) in [5, 5.41) is 0. The number of hydrogen-bond acceptors (Lipinski definition) is 4. The molecule has 0 aromatic carbocycles. The Hall–Kier alpha value is -1.71. The van der Waals surface area contributed by atoms with Gasteiger partial charge in [-0.2, -0.15) is 0 Å². The van der Waals surface area contributed by atoms with Gasteiger partial charge in [0.05, 0.1) is 0 Å². The fraction of sp³-hybridized carbons (Fsp3) is 0.667. The average Bonchev–Trinajstić information content (AvgIpc) is 2.86. The van der Waals surface area contributed by atoms with Gasteiger partial charge in [0, 0.05) is 36.2 Å². The summed E-state index contributed by atoms with van der Waals surface area (Å²) in [7, 11) is 0. The zero-order valence-corrected chi connectivity index (χ0v) is 15.3. The molecule has 0 aromatic heterocycles. The number of allylic oxidation sites excluding steroid dienone is 4. The largest absolute Gasteiger partial charge is 0.423 e. The molecule has 2 fully saturated rings. The molecule has 5 atom stereocenters. The van der Waals surface area contributed by atoms with Crippen LogP contribution >= 0.6 is 0 Å². The summed E-state index contributed by atoms with van der Waals surface area (Å²) < 4.78 is 5.33. The van der Waals surface area contributed by atoms with E-state index in [1.807, 2.05) is 6.08 Å². The van der Waals surface area contributed by atoms with Crippen molar-refractivity contribution < 1.29 is 19.1 Å². The summed E-state index contributed by atoms with van der Waals surface area (Å²) in [6.07, 6.45) is 9.06. The van der Waals surface area contributed by atoms with Crippen molar-refractivity contribution in [3.05, 3.63) is 23.5 Å². The van der Waals surface area contributed by atoms with Crippen molar-refractivity contribution in [3.63, 3.8) is 0 Å². The fourth-order valence-corrected chi connectivity index (χ4v) is 6.12. The van der Waals surface area contributed by atoms with E-state index in [0.29, 0.717) is 36.4 Å². The minimum atomic E-state index is -0.437. The lowest BCUT2D eigenvalue weighted by molar-refractivity contribution is -0.141. The van der Waals surface area contributed by atoms with Gasteiger partial charge in [0.1, 0.15) is 5.78 Å². The highest BCUT2D eigenvalue weighted by molar-refractivity contribution is 5.98. The van der Waals surface area contributed by atoms with Gasteiger partial charge in [-0.3, -0.25) is 14.4 Å². The van der Waals surface area contributed by atoms with Crippen LogP contribution in [-0.4, -0.2) is 17.5 Å². The number of carbonyl (C=O) groups is 3. The lowest BCUT2D eigenvalue weighted by atomic mass is 9.49. The molecule has 2 saturated carbocycles. The average molecular weight is 342 g/mol. The summed E-state index contributed by atoms with van der Waals surface area (Å²) in [6.45, 7) is 5.72. The molecule has 0 aliphatic heterocycles. The number of esters is 1. The smallest absolute Gasteiger partial charge is 0.308 e. The van der Waals surface area contributed by atoms with Crippen molar-refractivity contribution in [2.75, 3.05) is 0 Å². The predicted octanol–water partition coefficient (Wildman–Crippen LogP) is 3.75. The van der Waals surface area contributed by atoms with Gasteiger partial charge in [0.15, 0.2) is 11.5 Å². The molecule has 0 radical (unpaired) electrons. The van der Waals surface area contributed by atoms with Crippen molar-refractivity contribution in [2.45, 2.75) is 59.3 Å². The number of ketones is 2. The monoisotopic (exact) mass is 342 g/mol. The first-order valence-corrected chi connectivity index (χ1v) is 9.45. The normalized spacial score (nSPS) is 42.8. The standard InChI is InChI=1S/C21H26O4/c1-12(22)25-19-16-5-4-13-14-6-7-18(24)21(14,3)10-8-15(13)20(16,2)11-9-17(19)23/h4-5,13-15H,6-11H2,1-3H3/t13-,14-,15-,20+,21-/m0/s1. The van der Waals surface area contributed by atoms with Crippen LogP contribution in [0.5, 0.6) is 0 Å². The van der Waals surface area contributed by atoms with Crippen LogP contribution in [0.4, 0.5) is 0 Å². The molecule has 0 bridgehead atoms. The second-order valence-corrected chi connectivity index (χ2v) is 8.74. The molecule has 0 N–H and O–H groups in total. The van der Waals surface area contributed by atoms with Crippen molar-refractivity contribution in [1.82, 2.24) is 0 Å². The Labute approximate surface area is 148 Å². The van der Waals surface area contributed by atoms with Gasteiger partial charge >= 0.3 is 5.97 Å². The van der Waals surface area contributed by atoms with Crippen LogP contribution in [0.25, 0.3) is 0 Å². The lowest BCUT2D eigenvalue weighted by Crippen LogP contribution is -2.49. The Morgan fingerprint density at radius 1 is 1.08 bits per heavy atom. The van der Waals surface area contributed by atoms with Crippen LogP contribution in [0.3, 0.4) is 0 Å². The number of carbonyl (C=O) groups excluding carboxylic acids is 3. The van der Waals surface area contributed by atoms with Crippen molar-refractivity contribution in [3.8, 4) is 0 Å². The highest BCUT2D eigenvalue weighted by atomic mass is 16.5. The van der Waals surface area contributed by atoms with Gasteiger partial charge in [-0.05, 0) is 43.4 Å². The van der Waals surface area contributed by atoms with E-state index in [4.69, 9.17) is 4.74 Å². The molecule has 4 aliphatic rings. The van der Waals surface area contributed by atoms with Crippen LogP contribution in [0.15, 0.2) is 23.5 Å². The van der Waals surface area contributed by atoms with Gasteiger partial charge in [-0.25, -0.2) is 0 Å². The zero-order valence-electron chi connectivity index (χ0n) is 15.3. The SMILES string of the molecule is CC(=O)OC1=C2C=C[C@@H]3[C@H](CC[C@]4(C)C(=O)CC[C@@H]34)[C@@]2(C)CCC1=O. The van der Waals surface area contributed by atoms with E-state index >= 15 is 0 Å². The maximum Gasteiger partial charge on any atom is 0.308 e. The summed E-state index contributed by atoms with van der Waals surface area (Å²) >= 11 is 0. The summed E-state index contributed by atoms with van der Waals surface area (Å²) in [6, 6.07) is 0. The van der Waals surface area contributed by atoms with E-state index in [-0.39, 0.29) is 22.4 Å². The topological polar surface area (TPSA) is 60.4 Å². The van der Waals surface area contributed by atoms with Gasteiger partial charge in [0.2, 0.25) is 0 Å². The molecular formula is C21H26O4. The molecule has 4 heteroatoms. The van der Waals surface area contributed by atoms with Gasteiger partial charge < -0.3 is 4.74 Å². The Kier molecular flexibility index (Phi) is 3.61. The third kappa shape index (κ3) is 2.22. The predicted molar refractivity (Wildman–Crippen MR) is 92.3 cm³/mol. The summed E-state index contributed by atoms with van der Waals surface area (Å²) in [5.74, 6) is 1.38. The number of hydrogen-bond donors (Lipinski definition) is 0. The summed E-state index contributed by atoms with van der Waals surface area (Å²) in [4.78, 5) is 36.3. The van der Waals surface area contributed by atoms with Gasteiger partial charge in [0.25, 0.3) is 0 Å². The molecule has 25 heavy (non-hydrogen) atoms. The van der Waals surface area contributed by atoms with Crippen LogP contribution in [0, 0.1) is 28.6 Å². The van der Waals surface area contributed by atoms with Crippen LogP contribution < -0.4 is 0 Å². The molecule has 0 heterocycles. The minimum absolute atomic E-state index is 0.0672. The Morgan fingerprint density at radius 3 is 2.52 bits per heavy atom. The van der Waals surface area contributed by atoms with Crippen LogP contribution in [0.2, 0.25) is 0 Å². The molecule has 0 amide bonds. The fourth-order valence-electron chi connectivity index (χ4n) is 6.12. The summed E-state index contributed by atoms with van der Waals surface area (Å²) in [5.41, 5.74) is 0.574. The van der Waals surface area contributed by atoms with E-state index in [1.54, 1.807) is 0 Å². The molecule has 134 valence electrons. The minimum Gasteiger partial charge on any atom is -0.423 e. The van der Waals surface area contributed by atoms with E-state index in [1.165, 1.54) is 6.92 Å². The third-order valence-electron chi connectivity index (χ3n) is 7.58.